The highest BCUT2D eigenvalue weighted by molar-refractivity contribution is 7.89. The van der Waals surface area contributed by atoms with Crippen LogP contribution in [0.2, 0.25) is 0 Å². The summed E-state index contributed by atoms with van der Waals surface area (Å²) in [6.45, 7) is 4.55. The van der Waals surface area contributed by atoms with E-state index in [4.69, 9.17) is 0 Å². The summed E-state index contributed by atoms with van der Waals surface area (Å²) in [6, 6.07) is 6.84. The van der Waals surface area contributed by atoms with E-state index in [1.807, 2.05) is 6.92 Å². The van der Waals surface area contributed by atoms with Gasteiger partial charge >= 0.3 is 0 Å². The van der Waals surface area contributed by atoms with Crippen molar-refractivity contribution in [3.8, 4) is 0 Å². The molecule has 0 saturated heterocycles. The van der Waals surface area contributed by atoms with E-state index in [9.17, 15) is 8.42 Å². The van der Waals surface area contributed by atoms with Gasteiger partial charge in [-0.2, -0.15) is 5.10 Å². The molecule has 0 fully saturated rings. The lowest BCUT2D eigenvalue weighted by Crippen LogP contribution is -2.24. The summed E-state index contributed by atoms with van der Waals surface area (Å²) in [5.41, 5.74) is 2.54. The molecular formula is C13H18N4O2S. The second-order valence-corrected chi connectivity index (χ2v) is 6.11. The minimum absolute atomic E-state index is 0.253. The molecule has 0 bridgehead atoms. The van der Waals surface area contributed by atoms with Crippen LogP contribution in [0.5, 0.6) is 0 Å². The second kappa shape index (κ2) is 6.06. The SMILES string of the molecule is CCNS(=O)(=O)c1ccccc1NCc1cn[nH]c1C. The van der Waals surface area contributed by atoms with Crippen LogP contribution in [0, 0.1) is 6.92 Å². The van der Waals surface area contributed by atoms with Crippen LogP contribution in [-0.2, 0) is 16.6 Å². The molecule has 1 aromatic heterocycles. The van der Waals surface area contributed by atoms with Gasteiger partial charge < -0.3 is 5.32 Å². The zero-order chi connectivity index (χ0) is 14.6. The minimum atomic E-state index is -3.48. The highest BCUT2D eigenvalue weighted by atomic mass is 32.2. The summed E-state index contributed by atoms with van der Waals surface area (Å²) in [4.78, 5) is 0.253. The van der Waals surface area contributed by atoms with Crippen LogP contribution in [0.4, 0.5) is 5.69 Å². The normalized spacial score (nSPS) is 11.5. The van der Waals surface area contributed by atoms with Crippen molar-refractivity contribution in [2.24, 2.45) is 0 Å². The highest BCUT2D eigenvalue weighted by Gasteiger charge is 2.16. The molecule has 0 aliphatic heterocycles. The number of nitrogens with one attached hydrogen (secondary N) is 3. The Morgan fingerprint density at radius 3 is 2.70 bits per heavy atom. The largest absolute Gasteiger partial charge is 0.380 e. The number of rotatable bonds is 6. The van der Waals surface area contributed by atoms with Gasteiger partial charge in [0, 0.05) is 24.3 Å². The Morgan fingerprint density at radius 1 is 1.30 bits per heavy atom. The fourth-order valence-corrected chi connectivity index (χ4v) is 3.08. The molecule has 0 aliphatic carbocycles. The van der Waals surface area contributed by atoms with Gasteiger partial charge in [0.05, 0.1) is 11.9 Å². The van der Waals surface area contributed by atoms with Gasteiger partial charge in [-0.05, 0) is 19.1 Å². The first-order valence-electron chi connectivity index (χ1n) is 6.36. The zero-order valence-corrected chi connectivity index (χ0v) is 12.3. The first-order valence-corrected chi connectivity index (χ1v) is 7.84. The van der Waals surface area contributed by atoms with Crippen LogP contribution in [0.15, 0.2) is 35.4 Å². The molecule has 1 aromatic carbocycles. The van der Waals surface area contributed by atoms with E-state index in [0.29, 0.717) is 18.8 Å². The van der Waals surface area contributed by atoms with E-state index in [0.717, 1.165) is 11.3 Å². The summed E-state index contributed by atoms with van der Waals surface area (Å²) in [6.07, 6.45) is 1.73. The maximum atomic E-state index is 12.1. The maximum absolute atomic E-state index is 12.1. The van der Waals surface area contributed by atoms with Crippen molar-refractivity contribution < 1.29 is 8.42 Å². The van der Waals surface area contributed by atoms with Crippen molar-refractivity contribution in [2.45, 2.75) is 25.3 Å². The molecule has 1 heterocycles. The van der Waals surface area contributed by atoms with Gasteiger partial charge in [-0.1, -0.05) is 19.1 Å². The van der Waals surface area contributed by atoms with Crippen LogP contribution >= 0.6 is 0 Å². The predicted octanol–water partition coefficient (Wildman–Crippen LogP) is 1.63. The smallest absolute Gasteiger partial charge is 0.242 e. The van der Waals surface area contributed by atoms with Gasteiger partial charge in [0.15, 0.2) is 0 Å². The monoisotopic (exact) mass is 294 g/mol. The van der Waals surface area contributed by atoms with Crippen LogP contribution in [0.3, 0.4) is 0 Å². The molecule has 0 radical (unpaired) electrons. The molecule has 2 aromatic rings. The lowest BCUT2D eigenvalue weighted by Gasteiger charge is -2.12. The fraction of sp³-hybridized carbons (Fsp3) is 0.308. The van der Waals surface area contributed by atoms with Gasteiger partial charge in [0.25, 0.3) is 0 Å². The molecule has 0 amide bonds. The van der Waals surface area contributed by atoms with Crippen molar-refractivity contribution in [1.82, 2.24) is 14.9 Å². The molecule has 2 rings (SSSR count). The Morgan fingerprint density at radius 2 is 2.05 bits per heavy atom. The number of benzene rings is 1. The summed E-state index contributed by atoms with van der Waals surface area (Å²) < 4.78 is 26.7. The first-order chi connectivity index (χ1) is 9.54. The number of sulfonamides is 1. The van der Waals surface area contributed by atoms with Gasteiger partial charge in [0.2, 0.25) is 10.0 Å². The molecule has 7 heteroatoms. The van der Waals surface area contributed by atoms with E-state index < -0.39 is 10.0 Å². The molecule has 20 heavy (non-hydrogen) atoms. The molecule has 0 atom stereocenters. The molecule has 6 nitrogen and oxygen atoms in total. The summed E-state index contributed by atoms with van der Waals surface area (Å²) in [5, 5.41) is 9.93. The number of aromatic amines is 1. The molecule has 0 spiro atoms. The Balaban J connectivity index is 2.23. The van der Waals surface area contributed by atoms with E-state index >= 15 is 0 Å². The number of H-pyrrole nitrogens is 1. The lowest BCUT2D eigenvalue weighted by molar-refractivity contribution is 0.584. The minimum Gasteiger partial charge on any atom is -0.380 e. The van der Waals surface area contributed by atoms with Gasteiger partial charge in [-0.25, -0.2) is 13.1 Å². The van der Waals surface area contributed by atoms with Crippen molar-refractivity contribution in [2.75, 3.05) is 11.9 Å². The quantitative estimate of drug-likeness (QED) is 0.755. The van der Waals surface area contributed by atoms with Gasteiger partial charge in [0.1, 0.15) is 4.90 Å². The second-order valence-electron chi connectivity index (χ2n) is 4.37. The Bertz CT molecular complexity index is 679. The predicted molar refractivity (Wildman–Crippen MR) is 78.0 cm³/mol. The topological polar surface area (TPSA) is 86.9 Å². The van der Waals surface area contributed by atoms with Crippen molar-refractivity contribution in [3.05, 3.63) is 41.7 Å². The number of hydrogen-bond acceptors (Lipinski definition) is 4. The fourth-order valence-electron chi connectivity index (χ4n) is 1.86. The van der Waals surface area contributed by atoms with Crippen molar-refractivity contribution in [3.63, 3.8) is 0 Å². The summed E-state index contributed by atoms with van der Waals surface area (Å²) in [5.74, 6) is 0. The lowest BCUT2D eigenvalue weighted by atomic mass is 10.2. The van der Waals surface area contributed by atoms with E-state index in [1.165, 1.54) is 0 Å². The summed E-state index contributed by atoms with van der Waals surface area (Å²) >= 11 is 0. The summed E-state index contributed by atoms with van der Waals surface area (Å²) in [7, 11) is -3.48. The standard InChI is InChI=1S/C13H18N4O2S/c1-3-16-20(18,19)13-7-5-4-6-12(13)14-8-11-9-15-17-10(11)2/h4-7,9,14,16H,3,8H2,1-2H3,(H,15,17). The van der Waals surface area contributed by atoms with Crippen LogP contribution in [0.1, 0.15) is 18.2 Å². The third kappa shape index (κ3) is 3.17. The van der Waals surface area contributed by atoms with Crippen LogP contribution < -0.4 is 10.0 Å². The Labute approximate surface area is 118 Å². The number of para-hydroxylation sites is 1. The van der Waals surface area contributed by atoms with E-state index in [1.54, 1.807) is 37.4 Å². The van der Waals surface area contributed by atoms with Crippen molar-refractivity contribution in [1.29, 1.82) is 0 Å². The maximum Gasteiger partial charge on any atom is 0.242 e. The van der Waals surface area contributed by atoms with E-state index in [-0.39, 0.29) is 4.90 Å². The number of hydrogen-bond donors (Lipinski definition) is 3. The molecule has 108 valence electrons. The third-order valence-electron chi connectivity index (χ3n) is 2.91. The van der Waals surface area contributed by atoms with Gasteiger partial charge in [-0.3, -0.25) is 5.10 Å². The average Bonchev–Trinajstić information content (AvgIpc) is 2.82. The van der Waals surface area contributed by atoms with Crippen LogP contribution in [0.25, 0.3) is 0 Å². The van der Waals surface area contributed by atoms with Crippen molar-refractivity contribution >= 4 is 15.7 Å². The van der Waals surface area contributed by atoms with E-state index in [2.05, 4.69) is 20.2 Å². The average molecular weight is 294 g/mol. The number of aromatic nitrogens is 2. The third-order valence-corrected chi connectivity index (χ3v) is 4.52. The molecule has 0 saturated carbocycles. The highest BCUT2D eigenvalue weighted by Crippen LogP contribution is 2.21. The zero-order valence-electron chi connectivity index (χ0n) is 11.5. The first kappa shape index (κ1) is 14.5. The Kier molecular flexibility index (Phi) is 4.41. The molecular weight excluding hydrogens is 276 g/mol. The molecule has 3 N–H and O–H groups in total. The number of anilines is 1. The molecule has 0 aliphatic rings. The number of nitrogens with zero attached hydrogens (tertiary/aromatic N) is 1. The Hall–Kier alpha value is -1.86. The van der Waals surface area contributed by atoms with Crippen LogP contribution in [-0.4, -0.2) is 25.2 Å². The number of aryl methyl sites for hydroxylation is 1. The van der Waals surface area contributed by atoms with Gasteiger partial charge in [-0.15, -0.1) is 0 Å². The molecule has 0 unspecified atom stereocenters.